The predicted octanol–water partition coefficient (Wildman–Crippen LogP) is 11.6. The first-order valence-electron chi connectivity index (χ1n) is 20.7. The topological polar surface area (TPSA) is 12.5 Å². The molecule has 10 fully saturated rings. The minimum atomic E-state index is 0.746. The summed E-state index contributed by atoms with van der Waals surface area (Å²) < 4.78 is 6.17. The third-order valence-corrected chi connectivity index (χ3v) is 15.7. The summed E-state index contributed by atoms with van der Waals surface area (Å²) in [5.74, 6) is 20.1. The van der Waals surface area contributed by atoms with E-state index in [0.29, 0.717) is 0 Å². The average Bonchev–Trinajstić information content (AvgIpc) is 3.89. The van der Waals surface area contributed by atoms with Crippen LogP contribution in [0.1, 0.15) is 133 Å². The van der Waals surface area contributed by atoms with E-state index >= 15 is 0 Å². The summed E-state index contributed by atoms with van der Waals surface area (Å²) in [6.07, 6.45) is 22.9. The van der Waals surface area contributed by atoms with Gasteiger partial charge in [-0.15, -0.1) is 0 Å². The Morgan fingerprint density at radius 3 is 1.44 bits per heavy atom. The van der Waals surface area contributed by atoms with Crippen LogP contribution in [0.4, 0.5) is 0 Å². The Morgan fingerprint density at radius 2 is 0.860 bits per heavy atom. The highest BCUT2D eigenvalue weighted by Crippen LogP contribution is 2.79. The second kappa shape index (κ2) is 13.1. The summed E-state index contributed by atoms with van der Waals surface area (Å²) in [6, 6.07) is 0. The third kappa shape index (κ3) is 4.51. The molecule has 11 rings (SSSR count). The molecule has 0 amide bonds. The smallest absolute Gasteiger partial charge is 0.0875 e. The largest absolute Gasteiger partial charge is 0.369 e. The summed E-state index contributed by atoms with van der Waals surface area (Å²) in [5.41, 5.74) is 0. The van der Waals surface area contributed by atoms with Crippen molar-refractivity contribution < 1.29 is 4.74 Å². The summed E-state index contributed by atoms with van der Waals surface area (Å²) in [6.45, 7) is 20.0. The Kier molecular flexibility index (Phi) is 9.92. The van der Waals surface area contributed by atoms with Crippen molar-refractivity contribution in [3.05, 3.63) is 12.2 Å². The van der Waals surface area contributed by atoms with Crippen LogP contribution < -0.4 is 0 Å². The molecule has 0 radical (unpaired) electrons. The van der Waals surface area contributed by atoms with Crippen molar-refractivity contribution in [3.63, 3.8) is 0 Å². The number of fused-ring (bicyclic) bond motifs is 28. The van der Waals surface area contributed by atoms with Gasteiger partial charge in [-0.3, -0.25) is 0 Å². The van der Waals surface area contributed by atoms with Crippen LogP contribution in [0.25, 0.3) is 0 Å². The van der Waals surface area contributed by atoms with Gasteiger partial charge < -0.3 is 4.74 Å². The minimum Gasteiger partial charge on any atom is -0.369 e. The number of hydrogen-bond donors (Lipinski definition) is 0. The predicted molar refractivity (Wildman–Crippen MR) is 184 cm³/mol. The van der Waals surface area contributed by atoms with Gasteiger partial charge in [0.15, 0.2) is 0 Å². The van der Waals surface area contributed by atoms with Crippen LogP contribution in [0.2, 0.25) is 0 Å². The van der Waals surface area contributed by atoms with Gasteiger partial charge in [-0.05, 0) is 151 Å². The van der Waals surface area contributed by atoms with Gasteiger partial charge in [0.25, 0.3) is 0 Å². The summed E-state index contributed by atoms with van der Waals surface area (Å²) in [4.78, 5) is 0. The van der Waals surface area contributed by atoms with Gasteiger partial charge in [-0.2, -0.15) is 0 Å². The molecule has 43 heavy (non-hydrogen) atoms. The summed E-state index contributed by atoms with van der Waals surface area (Å²) >= 11 is 0. The van der Waals surface area contributed by atoms with Crippen molar-refractivity contribution in [1.82, 2.24) is 0 Å². The van der Waals surface area contributed by atoms with E-state index in [4.69, 9.17) is 4.74 Å². The quantitative estimate of drug-likeness (QED) is 0.180. The van der Waals surface area contributed by atoms with Crippen molar-refractivity contribution in [2.24, 2.45) is 107 Å². The van der Waals surface area contributed by atoms with Crippen LogP contribution in [-0.4, -0.2) is 12.2 Å². The zero-order valence-corrected chi connectivity index (χ0v) is 30.2. The van der Waals surface area contributed by atoms with Crippen LogP contribution in [0.15, 0.2) is 12.2 Å². The Bertz CT molecular complexity index is 953. The van der Waals surface area contributed by atoms with Crippen molar-refractivity contribution in [2.45, 2.75) is 146 Å². The number of epoxide rings is 1. The number of rotatable bonds is 4. The van der Waals surface area contributed by atoms with Crippen LogP contribution in [-0.2, 0) is 4.74 Å². The lowest BCUT2D eigenvalue weighted by Crippen LogP contribution is -2.44. The number of ether oxygens (including phenoxy) is 1. The van der Waals surface area contributed by atoms with Crippen LogP contribution in [0.3, 0.4) is 0 Å². The molecule has 1 nitrogen and oxygen atoms in total. The fourth-order valence-corrected chi connectivity index (χ4v) is 15.7. The first-order chi connectivity index (χ1) is 21.3. The van der Waals surface area contributed by atoms with E-state index in [1.807, 2.05) is 69.2 Å². The van der Waals surface area contributed by atoms with E-state index in [1.165, 1.54) is 11.8 Å². The molecule has 10 bridgehead atoms. The van der Waals surface area contributed by atoms with Crippen molar-refractivity contribution in [2.75, 3.05) is 0 Å². The highest BCUT2D eigenvalue weighted by atomic mass is 16.6. The fourth-order valence-electron chi connectivity index (χ4n) is 15.7. The zero-order valence-electron chi connectivity index (χ0n) is 30.2. The van der Waals surface area contributed by atoms with Crippen LogP contribution in [0, 0.1) is 107 Å². The minimum absolute atomic E-state index is 0.746. The van der Waals surface area contributed by atoms with Crippen molar-refractivity contribution in [1.29, 1.82) is 0 Å². The molecule has 0 aromatic heterocycles. The molecule has 246 valence electrons. The molecule has 20 atom stereocenters. The van der Waals surface area contributed by atoms with Crippen LogP contribution >= 0.6 is 0 Å². The molecule has 11 aliphatic rings. The standard InChI is InChI=1S/C32H42O.5C2H6/c1(2-13-6-17-9-19(13)26-16-5-4-15(8-16)25(17)26)3-14-7-18-10-20(14)28-22-11-21(27(18)28)29-23-12-24(30(22)29)32-31(23)33-32;5*1-2/h4-5,13-32H,1-3,6-12H2;5*1-2H3. The summed E-state index contributed by atoms with van der Waals surface area (Å²) in [7, 11) is 0. The Balaban J connectivity index is 0.000000303. The fraction of sp³-hybridized carbons (Fsp3) is 0.952. The number of hydrogen-bond acceptors (Lipinski definition) is 1. The highest BCUT2D eigenvalue weighted by molar-refractivity contribution is 5.25. The summed E-state index contributed by atoms with van der Waals surface area (Å²) in [5, 5.41) is 0. The lowest BCUT2D eigenvalue weighted by Gasteiger charge is -2.46. The van der Waals surface area contributed by atoms with E-state index in [-0.39, 0.29) is 0 Å². The molecule has 1 saturated heterocycles. The van der Waals surface area contributed by atoms with Crippen LogP contribution in [0.5, 0.6) is 0 Å². The lowest BCUT2D eigenvalue weighted by molar-refractivity contribution is 0.0135. The third-order valence-electron chi connectivity index (χ3n) is 15.7. The Hall–Kier alpha value is -0.300. The second-order valence-electron chi connectivity index (χ2n) is 15.8. The SMILES string of the molecule is C1=CC2CC1C1C3CC(CCCC4CC5CC4C4C6CC(C54)C4C5CC(C7OC57)C64)C(C3)C21.CC.CC.CC.CC.CC. The van der Waals surface area contributed by atoms with Gasteiger partial charge in [0.05, 0.1) is 12.2 Å². The number of allylic oxidation sites excluding steroid dienone is 2. The Labute approximate surface area is 268 Å². The van der Waals surface area contributed by atoms with Gasteiger partial charge >= 0.3 is 0 Å². The first-order valence-corrected chi connectivity index (χ1v) is 20.7. The monoisotopic (exact) mass is 593 g/mol. The molecular formula is C42H72O. The highest BCUT2D eigenvalue weighted by Gasteiger charge is 2.77. The maximum absolute atomic E-state index is 6.17. The van der Waals surface area contributed by atoms with E-state index in [2.05, 4.69) is 12.2 Å². The normalized spacial score (nSPS) is 57.0. The molecule has 0 aromatic carbocycles. The van der Waals surface area contributed by atoms with Crippen molar-refractivity contribution >= 4 is 0 Å². The van der Waals surface area contributed by atoms with Gasteiger partial charge in [0.1, 0.15) is 0 Å². The molecule has 0 spiro atoms. The Morgan fingerprint density at radius 1 is 0.419 bits per heavy atom. The molecule has 9 saturated carbocycles. The first kappa shape index (κ1) is 32.6. The lowest BCUT2D eigenvalue weighted by atomic mass is 9.58. The molecule has 0 N–H and O–H groups in total. The maximum Gasteiger partial charge on any atom is 0.0875 e. The molecule has 0 aromatic rings. The van der Waals surface area contributed by atoms with Gasteiger partial charge in [0.2, 0.25) is 0 Å². The van der Waals surface area contributed by atoms with E-state index in [1.54, 1.807) is 64.2 Å². The second-order valence-corrected chi connectivity index (χ2v) is 15.8. The molecular weight excluding hydrogens is 520 g/mol. The van der Waals surface area contributed by atoms with Gasteiger partial charge in [-0.25, -0.2) is 0 Å². The molecule has 1 heterocycles. The molecule has 1 heteroatoms. The van der Waals surface area contributed by atoms with Gasteiger partial charge in [0, 0.05) is 0 Å². The van der Waals surface area contributed by atoms with E-state index in [9.17, 15) is 0 Å². The average molecular weight is 593 g/mol. The molecule has 1 aliphatic heterocycles. The maximum atomic E-state index is 6.17. The van der Waals surface area contributed by atoms with E-state index in [0.717, 1.165) is 107 Å². The zero-order chi connectivity index (χ0) is 30.7. The molecule has 20 unspecified atom stereocenters. The molecule has 10 aliphatic carbocycles. The van der Waals surface area contributed by atoms with Crippen molar-refractivity contribution in [3.8, 4) is 0 Å². The van der Waals surface area contributed by atoms with Gasteiger partial charge in [-0.1, -0.05) is 101 Å². The van der Waals surface area contributed by atoms with E-state index < -0.39 is 0 Å².